The fourth-order valence-corrected chi connectivity index (χ4v) is 4.19. The predicted molar refractivity (Wildman–Crippen MR) is 85.3 cm³/mol. The molecule has 3 rings (SSSR count). The number of rotatable bonds is 6. The standard InChI is InChI=1S/C13H15N5O3S2/c1-9-7-10(21-2)3-4-11(9)23(19,20)15-6-5-12-17-18-8-14-16-13(18)22-12/h3-4,7-8,15H,5-6H2,1-2H3. The Labute approximate surface area is 137 Å². The number of nitrogens with zero attached hydrogens (tertiary/aromatic N) is 4. The molecule has 0 aliphatic rings. The van der Waals surface area contributed by atoms with Gasteiger partial charge < -0.3 is 4.74 Å². The van der Waals surface area contributed by atoms with Crippen LogP contribution in [0.25, 0.3) is 4.96 Å². The SMILES string of the molecule is COc1ccc(S(=O)(=O)NCCc2nn3cnnc3s2)c(C)c1. The molecule has 122 valence electrons. The summed E-state index contributed by atoms with van der Waals surface area (Å²) in [5.74, 6) is 0.626. The van der Waals surface area contributed by atoms with Crippen LogP contribution in [0.1, 0.15) is 10.6 Å². The maximum atomic E-state index is 12.4. The molecule has 0 spiro atoms. The molecule has 10 heteroatoms. The van der Waals surface area contributed by atoms with Gasteiger partial charge in [-0.15, -0.1) is 10.2 Å². The van der Waals surface area contributed by atoms with Gasteiger partial charge in [0.25, 0.3) is 0 Å². The highest BCUT2D eigenvalue weighted by atomic mass is 32.2. The molecule has 8 nitrogen and oxygen atoms in total. The Morgan fingerprint density at radius 2 is 2.22 bits per heavy atom. The van der Waals surface area contributed by atoms with E-state index in [1.807, 2.05) is 0 Å². The number of benzene rings is 1. The van der Waals surface area contributed by atoms with Crippen LogP contribution in [0.5, 0.6) is 5.75 Å². The Bertz CT molecular complexity index is 904. The van der Waals surface area contributed by atoms with Gasteiger partial charge in [0, 0.05) is 13.0 Å². The molecule has 0 atom stereocenters. The van der Waals surface area contributed by atoms with Crippen molar-refractivity contribution in [2.45, 2.75) is 18.2 Å². The van der Waals surface area contributed by atoms with E-state index in [1.165, 1.54) is 17.7 Å². The second-order valence-electron chi connectivity index (χ2n) is 4.83. The summed E-state index contributed by atoms with van der Waals surface area (Å²) in [6, 6.07) is 4.86. The van der Waals surface area contributed by atoms with E-state index in [-0.39, 0.29) is 11.4 Å². The molecule has 0 fully saturated rings. The average Bonchev–Trinajstić information content (AvgIpc) is 3.07. The molecular weight excluding hydrogens is 338 g/mol. The quantitative estimate of drug-likeness (QED) is 0.710. The molecule has 0 bridgehead atoms. The molecule has 1 N–H and O–H groups in total. The molecular formula is C13H15N5O3S2. The van der Waals surface area contributed by atoms with E-state index in [2.05, 4.69) is 20.0 Å². The van der Waals surface area contributed by atoms with Gasteiger partial charge in [0.1, 0.15) is 17.1 Å². The third-order valence-corrected chi connectivity index (χ3v) is 5.83. The molecule has 0 saturated heterocycles. The molecule has 0 aliphatic carbocycles. The lowest BCUT2D eigenvalue weighted by molar-refractivity contribution is 0.414. The topological polar surface area (TPSA) is 98.5 Å². The lowest BCUT2D eigenvalue weighted by atomic mass is 10.2. The molecule has 0 unspecified atom stereocenters. The second-order valence-corrected chi connectivity index (χ2v) is 7.61. The lowest BCUT2D eigenvalue weighted by Crippen LogP contribution is -2.26. The van der Waals surface area contributed by atoms with Crippen molar-refractivity contribution in [2.24, 2.45) is 0 Å². The Hall–Kier alpha value is -2.04. The monoisotopic (exact) mass is 353 g/mol. The average molecular weight is 353 g/mol. The zero-order chi connectivity index (χ0) is 16.4. The largest absolute Gasteiger partial charge is 0.497 e. The zero-order valence-corrected chi connectivity index (χ0v) is 14.2. The number of sulfonamides is 1. The molecule has 23 heavy (non-hydrogen) atoms. The van der Waals surface area contributed by atoms with Crippen molar-refractivity contribution in [3.05, 3.63) is 35.1 Å². The van der Waals surface area contributed by atoms with Gasteiger partial charge in [0.2, 0.25) is 15.0 Å². The number of methoxy groups -OCH3 is 1. The van der Waals surface area contributed by atoms with Crippen LogP contribution >= 0.6 is 11.3 Å². The number of ether oxygens (including phenoxy) is 1. The van der Waals surface area contributed by atoms with E-state index >= 15 is 0 Å². The van der Waals surface area contributed by atoms with Crippen molar-refractivity contribution >= 4 is 26.3 Å². The van der Waals surface area contributed by atoms with Gasteiger partial charge in [-0.25, -0.2) is 13.1 Å². The van der Waals surface area contributed by atoms with Gasteiger partial charge in [-0.2, -0.15) is 9.61 Å². The zero-order valence-electron chi connectivity index (χ0n) is 12.6. The minimum Gasteiger partial charge on any atom is -0.497 e. The van der Waals surface area contributed by atoms with Crippen LogP contribution in [0.2, 0.25) is 0 Å². The maximum Gasteiger partial charge on any atom is 0.240 e. The van der Waals surface area contributed by atoms with Crippen molar-refractivity contribution in [3.63, 3.8) is 0 Å². The van der Waals surface area contributed by atoms with E-state index in [4.69, 9.17) is 4.74 Å². The second kappa shape index (κ2) is 6.22. The van der Waals surface area contributed by atoms with Gasteiger partial charge >= 0.3 is 0 Å². The van der Waals surface area contributed by atoms with E-state index in [1.54, 1.807) is 36.7 Å². The highest BCUT2D eigenvalue weighted by Crippen LogP contribution is 2.21. The number of hydrogen-bond donors (Lipinski definition) is 1. The molecule has 2 heterocycles. The highest BCUT2D eigenvalue weighted by molar-refractivity contribution is 7.89. The van der Waals surface area contributed by atoms with Crippen molar-refractivity contribution in [1.29, 1.82) is 0 Å². The first-order chi connectivity index (χ1) is 11.0. The number of fused-ring (bicyclic) bond motifs is 1. The first kappa shape index (κ1) is 15.8. The van der Waals surface area contributed by atoms with Crippen LogP contribution in [0, 0.1) is 6.92 Å². The lowest BCUT2D eigenvalue weighted by Gasteiger charge is -2.10. The van der Waals surface area contributed by atoms with Crippen molar-refractivity contribution in [2.75, 3.05) is 13.7 Å². The maximum absolute atomic E-state index is 12.4. The van der Waals surface area contributed by atoms with Crippen LogP contribution in [-0.4, -0.2) is 41.9 Å². The van der Waals surface area contributed by atoms with Crippen LogP contribution in [0.15, 0.2) is 29.4 Å². The third-order valence-electron chi connectivity index (χ3n) is 3.23. The molecule has 0 radical (unpaired) electrons. The summed E-state index contributed by atoms with van der Waals surface area (Å²) in [4.78, 5) is 0.935. The van der Waals surface area contributed by atoms with E-state index in [0.29, 0.717) is 22.7 Å². The Balaban J connectivity index is 1.67. The Kier molecular flexibility index (Phi) is 4.28. The van der Waals surface area contributed by atoms with E-state index < -0.39 is 10.0 Å². The molecule has 2 aromatic heterocycles. The predicted octanol–water partition coefficient (Wildman–Crippen LogP) is 1.02. The molecule has 0 saturated carbocycles. The van der Waals surface area contributed by atoms with Crippen LogP contribution in [-0.2, 0) is 16.4 Å². The minimum absolute atomic E-state index is 0.247. The van der Waals surface area contributed by atoms with Crippen LogP contribution in [0.3, 0.4) is 0 Å². The summed E-state index contributed by atoms with van der Waals surface area (Å²) < 4.78 is 34.0. The molecule has 1 aromatic carbocycles. The first-order valence-electron chi connectivity index (χ1n) is 6.79. The Morgan fingerprint density at radius 1 is 1.39 bits per heavy atom. The van der Waals surface area contributed by atoms with E-state index in [9.17, 15) is 8.42 Å². The van der Waals surface area contributed by atoms with Gasteiger partial charge in [0.05, 0.1) is 12.0 Å². The van der Waals surface area contributed by atoms with Gasteiger partial charge in [-0.1, -0.05) is 11.3 Å². The summed E-state index contributed by atoms with van der Waals surface area (Å²) in [7, 11) is -2.02. The number of nitrogens with one attached hydrogen (secondary N) is 1. The Morgan fingerprint density at radius 3 is 2.91 bits per heavy atom. The number of aryl methyl sites for hydroxylation is 1. The summed E-state index contributed by atoms with van der Waals surface area (Å²) in [5, 5.41) is 12.7. The van der Waals surface area contributed by atoms with Crippen molar-refractivity contribution in [1.82, 2.24) is 24.5 Å². The van der Waals surface area contributed by atoms with Crippen molar-refractivity contribution < 1.29 is 13.2 Å². The van der Waals surface area contributed by atoms with Crippen molar-refractivity contribution in [3.8, 4) is 5.75 Å². The summed E-state index contributed by atoms with van der Waals surface area (Å²) >= 11 is 1.39. The molecule has 0 amide bonds. The fraction of sp³-hybridized carbons (Fsp3) is 0.308. The van der Waals surface area contributed by atoms with E-state index in [0.717, 1.165) is 5.01 Å². The number of hydrogen-bond acceptors (Lipinski definition) is 7. The van der Waals surface area contributed by atoms with Gasteiger partial charge in [0.15, 0.2) is 0 Å². The summed E-state index contributed by atoms with van der Waals surface area (Å²) in [6.07, 6.45) is 2.00. The molecule has 3 aromatic rings. The van der Waals surface area contributed by atoms with Gasteiger partial charge in [-0.05, 0) is 30.7 Å². The smallest absolute Gasteiger partial charge is 0.240 e. The normalized spacial score (nSPS) is 11.9. The minimum atomic E-state index is -3.57. The third kappa shape index (κ3) is 3.33. The van der Waals surface area contributed by atoms with Gasteiger partial charge in [-0.3, -0.25) is 0 Å². The fourth-order valence-electron chi connectivity index (χ4n) is 2.12. The van der Waals surface area contributed by atoms with Crippen LogP contribution in [0.4, 0.5) is 0 Å². The summed E-state index contributed by atoms with van der Waals surface area (Å²) in [5.41, 5.74) is 0.635. The first-order valence-corrected chi connectivity index (χ1v) is 9.09. The summed E-state index contributed by atoms with van der Waals surface area (Å²) in [6.45, 7) is 2.00. The molecule has 0 aliphatic heterocycles. The highest BCUT2D eigenvalue weighted by Gasteiger charge is 2.17. The number of aromatic nitrogens is 4. The van der Waals surface area contributed by atoms with Crippen LogP contribution < -0.4 is 9.46 Å².